The SMILES string of the molecule is CCn1c(SCC(=O)NCC(=O)Nc2ccc(F)c(F)c2F)nc2ccccc21. The van der Waals surface area contributed by atoms with E-state index in [1.807, 2.05) is 35.8 Å². The van der Waals surface area contributed by atoms with E-state index in [9.17, 15) is 22.8 Å². The minimum Gasteiger partial charge on any atom is -0.346 e. The van der Waals surface area contributed by atoms with Crippen LogP contribution in [0.2, 0.25) is 0 Å². The summed E-state index contributed by atoms with van der Waals surface area (Å²) in [4.78, 5) is 28.3. The Bertz CT molecular complexity index is 1070. The number of fused-ring (bicyclic) bond motifs is 1. The first-order chi connectivity index (χ1) is 13.9. The fourth-order valence-corrected chi connectivity index (χ4v) is 3.55. The zero-order valence-electron chi connectivity index (χ0n) is 15.3. The molecule has 0 unspecified atom stereocenters. The normalized spacial score (nSPS) is 10.9. The molecule has 0 bridgehead atoms. The number of hydrogen-bond donors (Lipinski definition) is 2. The first-order valence-electron chi connectivity index (χ1n) is 8.68. The number of aromatic nitrogens is 2. The Balaban J connectivity index is 1.53. The first-order valence-corrected chi connectivity index (χ1v) is 9.67. The van der Waals surface area contributed by atoms with E-state index in [-0.39, 0.29) is 5.75 Å². The number of hydrogen-bond acceptors (Lipinski definition) is 4. The molecular weight excluding hydrogens is 405 g/mol. The molecular formula is C19H17F3N4O2S. The highest BCUT2D eigenvalue weighted by molar-refractivity contribution is 7.99. The van der Waals surface area contributed by atoms with Gasteiger partial charge in [0.1, 0.15) is 0 Å². The lowest BCUT2D eigenvalue weighted by atomic mass is 10.2. The number of nitrogens with one attached hydrogen (secondary N) is 2. The molecule has 29 heavy (non-hydrogen) atoms. The number of thioether (sulfide) groups is 1. The lowest BCUT2D eigenvalue weighted by Crippen LogP contribution is -2.34. The minimum absolute atomic E-state index is 0.0239. The number of imidazole rings is 1. The topological polar surface area (TPSA) is 76.0 Å². The molecule has 0 aliphatic carbocycles. The molecule has 0 radical (unpaired) electrons. The second-order valence-corrected chi connectivity index (χ2v) is 6.91. The van der Waals surface area contributed by atoms with Crippen molar-refractivity contribution in [3.05, 3.63) is 53.8 Å². The van der Waals surface area contributed by atoms with Crippen LogP contribution in [0, 0.1) is 17.5 Å². The van der Waals surface area contributed by atoms with E-state index < -0.39 is 41.5 Å². The van der Waals surface area contributed by atoms with E-state index in [2.05, 4.69) is 15.6 Å². The maximum atomic E-state index is 13.6. The summed E-state index contributed by atoms with van der Waals surface area (Å²) < 4.78 is 41.6. The van der Waals surface area contributed by atoms with Crippen molar-refractivity contribution in [1.82, 2.24) is 14.9 Å². The summed E-state index contributed by atoms with van der Waals surface area (Å²) in [5, 5.41) is 5.15. The number of amides is 2. The van der Waals surface area contributed by atoms with Crippen LogP contribution < -0.4 is 10.6 Å². The van der Waals surface area contributed by atoms with Gasteiger partial charge in [-0.15, -0.1) is 0 Å². The quantitative estimate of drug-likeness (QED) is 0.453. The molecule has 0 aliphatic rings. The molecule has 152 valence electrons. The van der Waals surface area contributed by atoms with E-state index >= 15 is 0 Å². The fourth-order valence-electron chi connectivity index (χ4n) is 2.65. The highest BCUT2D eigenvalue weighted by Crippen LogP contribution is 2.24. The third kappa shape index (κ3) is 4.70. The van der Waals surface area contributed by atoms with E-state index in [1.165, 1.54) is 11.8 Å². The van der Waals surface area contributed by atoms with Gasteiger partial charge in [0.2, 0.25) is 11.8 Å². The van der Waals surface area contributed by atoms with Gasteiger partial charge in [-0.2, -0.15) is 0 Å². The number of rotatable bonds is 7. The predicted octanol–water partition coefficient (Wildman–Crippen LogP) is 3.32. The smallest absolute Gasteiger partial charge is 0.243 e. The second kappa shape index (κ2) is 8.99. The number of nitrogens with zero attached hydrogens (tertiary/aromatic N) is 2. The average Bonchev–Trinajstić information content (AvgIpc) is 3.08. The van der Waals surface area contributed by atoms with Crippen LogP contribution in [0.3, 0.4) is 0 Å². The molecule has 6 nitrogen and oxygen atoms in total. The molecule has 2 amide bonds. The van der Waals surface area contributed by atoms with Crippen molar-refractivity contribution in [2.24, 2.45) is 0 Å². The standard InChI is InChI=1S/C19H17F3N4O2S/c1-2-26-14-6-4-3-5-12(14)25-19(26)29-10-16(28)23-9-15(27)24-13-8-7-11(20)17(21)18(13)22/h3-8H,2,9-10H2,1H3,(H,23,28)(H,24,27). The van der Waals surface area contributed by atoms with Gasteiger partial charge in [-0.25, -0.2) is 18.2 Å². The van der Waals surface area contributed by atoms with Crippen molar-refractivity contribution >= 4 is 40.3 Å². The molecule has 3 aromatic rings. The van der Waals surface area contributed by atoms with E-state index in [4.69, 9.17) is 0 Å². The lowest BCUT2D eigenvalue weighted by Gasteiger charge is -2.09. The molecule has 3 rings (SSSR count). The highest BCUT2D eigenvalue weighted by atomic mass is 32.2. The highest BCUT2D eigenvalue weighted by Gasteiger charge is 2.16. The van der Waals surface area contributed by atoms with Crippen LogP contribution in [0.25, 0.3) is 11.0 Å². The molecule has 2 N–H and O–H groups in total. The Hall–Kier alpha value is -3.01. The molecule has 2 aromatic carbocycles. The first kappa shape index (κ1) is 20.7. The predicted molar refractivity (Wildman–Crippen MR) is 104 cm³/mol. The number of para-hydroxylation sites is 2. The van der Waals surface area contributed by atoms with Crippen LogP contribution in [0.1, 0.15) is 6.92 Å². The maximum absolute atomic E-state index is 13.6. The van der Waals surface area contributed by atoms with E-state index in [0.717, 1.165) is 17.1 Å². The molecule has 0 saturated carbocycles. The number of anilines is 1. The van der Waals surface area contributed by atoms with Crippen molar-refractivity contribution in [2.45, 2.75) is 18.6 Å². The minimum atomic E-state index is -1.68. The number of benzene rings is 2. The van der Waals surface area contributed by atoms with Crippen LogP contribution in [-0.2, 0) is 16.1 Å². The van der Waals surface area contributed by atoms with Gasteiger partial charge in [-0.1, -0.05) is 23.9 Å². The van der Waals surface area contributed by atoms with Crippen molar-refractivity contribution in [3.8, 4) is 0 Å². The Labute approximate surface area is 168 Å². The van der Waals surface area contributed by atoms with E-state index in [0.29, 0.717) is 17.8 Å². The van der Waals surface area contributed by atoms with Crippen LogP contribution in [0.5, 0.6) is 0 Å². The van der Waals surface area contributed by atoms with E-state index in [1.54, 1.807) is 0 Å². The maximum Gasteiger partial charge on any atom is 0.243 e. The van der Waals surface area contributed by atoms with Gasteiger partial charge < -0.3 is 15.2 Å². The van der Waals surface area contributed by atoms with Crippen LogP contribution >= 0.6 is 11.8 Å². The number of carbonyl (C=O) groups excluding carboxylic acids is 2. The molecule has 0 fully saturated rings. The average molecular weight is 422 g/mol. The second-order valence-electron chi connectivity index (χ2n) is 5.96. The molecule has 0 saturated heterocycles. The van der Waals surface area contributed by atoms with Gasteiger partial charge in [0, 0.05) is 6.54 Å². The summed E-state index contributed by atoms with van der Waals surface area (Å²) in [6, 6.07) is 9.21. The van der Waals surface area contributed by atoms with Gasteiger partial charge in [0.15, 0.2) is 22.6 Å². The van der Waals surface area contributed by atoms with Gasteiger partial charge in [-0.05, 0) is 31.2 Å². The van der Waals surface area contributed by atoms with Crippen molar-refractivity contribution in [1.29, 1.82) is 0 Å². The Morgan fingerprint density at radius 3 is 2.59 bits per heavy atom. The molecule has 0 atom stereocenters. The third-order valence-electron chi connectivity index (χ3n) is 4.02. The molecule has 10 heteroatoms. The summed E-state index contributed by atoms with van der Waals surface area (Å²) in [5.41, 5.74) is 1.28. The largest absolute Gasteiger partial charge is 0.346 e. The summed E-state index contributed by atoms with van der Waals surface area (Å²) in [7, 11) is 0. The molecule has 1 aromatic heterocycles. The monoisotopic (exact) mass is 422 g/mol. The lowest BCUT2D eigenvalue weighted by molar-refractivity contribution is -0.122. The number of carbonyl (C=O) groups is 2. The molecule has 0 aliphatic heterocycles. The number of halogens is 3. The van der Waals surface area contributed by atoms with Gasteiger partial charge in [0.25, 0.3) is 0 Å². The van der Waals surface area contributed by atoms with Crippen molar-refractivity contribution < 1.29 is 22.8 Å². The zero-order chi connectivity index (χ0) is 21.0. The van der Waals surface area contributed by atoms with Crippen LogP contribution in [-0.4, -0.2) is 33.7 Å². The Kier molecular flexibility index (Phi) is 6.42. The molecule has 1 heterocycles. The van der Waals surface area contributed by atoms with Gasteiger partial charge >= 0.3 is 0 Å². The summed E-state index contributed by atoms with van der Waals surface area (Å²) in [5.74, 6) is -5.71. The Morgan fingerprint density at radius 1 is 1.07 bits per heavy atom. The van der Waals surface area contributed by atoms with Gasteiger partial charge in [-0.3, -0.25) is 9.59 Å². The fraction of sp³-hybridized carbons (Fsp3) is 0.211. The van der Waals surface area contributed by atoms with Crippen LogP contribution in [0.4, 0.5) is 18.9 Å². The van der Waals surface area contributed by atoms with Crippen molar-refractivity contribution in [2.75, 3.05) is 17.6 Å². The van der Waals surface area contributed by atoms with Crippen LogP contribution in [0.15, 0.2) is 41.6 Å². The van der Waals surface area contributed by atoms with Gasteiger partial charge in [0.05, 0.1) is 29.0 Å². The van der Waals surface area contributed by atoms with Crippen molar-refractivity contribution in [3.63, 3.8) is 0 Å². The third-order valence-corrected chi connectivity index (χ3v) is 5.00. The summed E-state index contributed by atoms with van der Waals surface area (Å²) >= 11 is 1.22. The number of aryl methyl sites for hydroxylation is 1. The Morgan fingerprint density at radius 2 is 1.83 bits per heavy atom. The summed E-state index contributed by atoms with van der Waals surface area (Å²) in [6.07, 6.45) is 0. The molecule has 0 spiro atoms. The zero-order valence-corrected chi connectivity index (χ0v) is 16.2. The summed E-state index contributed by atoms with van der Waals surface area (Å²) in [6.45, 7) is 2.22.